The highest BCUT2D eigenvalue weighted by Crippen LogP contribution is 2.56. The van der Waals surface area contributed by atoms with Crippen molar-refractivity contribution in [2.75, 3.05) is 0 Å². The summed E-state index contributed by atoms with van der Waals surface area (Å²) in [6.45, 7) is 6.19. The van der Waals surface area contributed by atoms with Gasteiger partial charge in [0.1, 0.15) is 5.60 Å². The van der Waals surface area contributed by atoms with Crippen LogP contribution in [0.4, 0.5) is 0 Å². The molecular weight excluding hydrogens is 228 g/mol. The van der Waals surface area contributed by atoms with E-state index in [2.05, 4.69) is 13.8 Å². The van der Waals surface area contributed by atoms with Gasteiger partial charge in [-0.15, -0.1) is 0 Å². The Balaban J connectivity index is 2.10. The molecule has 0 bridgehead atoms. The predicted octanol–water partition coefficient (Wildman–Crippen LogP) is 2.58. The Morgan fingerprint density at radius 2 is 2.06 bits per heavy atom. The summed E-state index contributed by atoms with van der Waals surface area (Å²) in [6.07, 6.45) is 4.69. The summed E-state index contributed by atoms with van der Waals surface area (Å²) < 4.78 is 5.54. The van der Waals surface area contributed by atoms with Crippen LogP contribution >= 0.6 is 0 Å². The first-order valence-corrected chi connectivity index (χ1v) is 7.01. The molecule has 2 aliphatic carbocycles. The summed E-state index contributed by atoms with van der Waals surface area (Å²) in [5.41, 5.74) is 1.71. The van der Waals surface area contributed by atoms with Crippen LogP contribution in [0.5, 0.6) is 0 Å². The molecule has 3 nitrogen and oxygen atoms in total. The van der Waals surface area contributed by atoms with Gasteiger partial charge in [-0.1, -0.05) is 12.5 Å². The van der Waals surface area contributed by atoms with Crippen molar-refractivity contribution in [1.29, 1.82) is 0 Å². The second-order valence-electron chi connectivity index (χ2n) is 6.64. The largest absolute Gasteiger partial charge is 0.454 e. The van der Waals surface area contributed by atoms with Gasteiger partial charge in [-0.05, 0) is 56.9 Å². The third-order valence-corrected chi connectivity index (χ3v) is 5.52. The predicted molar refractivity (Wildman–Crippen MR) is 67.9 cm³/mol. The van der Waals surface area contributed by atoms with Gasteiger partial charge in [-0.3, -0.25) is 4.79 Å². The summed E-state index contributed by atoms with van der Waals surface area (Å²) in [5.74, 6) is -0.633. The standard InChI is InChI=1S/C15H22O3/c1-9-5-4-6-14(3)7-8-15(17)10(2)13(16)18-12(15)11(9)14/h10,12,17H,4-8H2,1-3H3/t10-,12+,14-,15+/m1/s1. The number of ether oxygens (including phenoxy) is 1. The molecule has 1 N–H and O–H groups in total. The highest BCUT2D eigenvalue weighted by Gasteiger charge is 2.61. The van der Waals surface area contributed by atoms with E-state index in [-0.39, 0.29) is 17.5 Å². The summed E-state index contributed by atoms with van der Waals surface area (Å²) in [4.78, 5) is 11.8. The van der Waals surface area contributed by atoms with Crippen LogP contribution < -0.4 is 0 Å². The maximum Gasteiger partial charge on any atom is 0.312 e. The number of fused-ring (bicyclic) bond motifs is 3. The van der Waals surface area contributed by atoms with Gasteiger partial charge in [0.2, 0.25) is 0 Å². The quantitative estimate of drug-likeness (QED) is 0.531. The molecule has 1 aliphatic heterocycles. The molecule has 0 radical (unpaired) electrons. The Kier molecular flexibility index (Phi) is 2.44. The van der Waals surface area contributed by atoms with Crippen LogP contribution in [0.25, 0.3) is 0 Å². The molecule has 3 rings (SSSR count). The smallest absolute Gasteiger partial charge is 0.312 e. The third kappa shape index (κ3) is 1.37. The maximum atomic E-state index is 11.8. The number of carbonyl (C=O) groups is 1. The number of hydrogen-bond acceptors (Lipinski definition) is 3. The lowest BCUT2D eigenvalue weighted by atomic mass is 9.58. The number of carbonyl (C=O) groups excluding carboxylic acids is 1. The molecule has 0 aromatic carbocycles. The van der Waals surface area contributed by atoms with Crippen LogP contribution in [0.3, 0.4) is 0 Å². The van der Waals surface area contributed by atoms with E-state index < -0.39 is 11.5 Å². The van der Waals surface area contributed by atoms with Crippen molar-refractivity contribution >= 4 is 5.97 Å². The first-order chi connectivity index (χ1) is 8.38. The molecule has 2 fully saturated rings. The van der Waals surface area contributed by atoms with Crippen LogP contribution in [0, 0.1) is 11.3 Å². The lowest BCUT2D eigenvalue weighted by Gasteiger charge is -2.49. The fraction of sp³-hybridized carbons (Fsp3) is 0.800. The zero-order valence-electron chi connectivity index (χ0n) is 11.5. The summed E-state index contributed by atoms with van der Waals surface area (Å²) >= 11 is 0. The Morgan fingerprint density at radius 1 is 1.33 bits per heavy atom. The van der Waals surface area contributed by atoms with Crippen LogP contribution in [0.15, 0.2) is 11.1 Å². The first kappa shape index (κ1) is 12.2. The molecule has 1 heterocycles. The molecule has 18 heavy (non-hydrogen) atoms. The zero-order valence-corrected chi connectivity index (χ0v) is 11.5. The van der Waals surface area contributed by atoms with Crippen molar-refractivity contribution in [1.82, 2.24) is 0 Å². The minimum absolute atomic E-state index is 0.129. The lowest BCUT2D eigenvalue weighted by Crippen LogP contribution is -2.52. The zero-order chi connectivity index (χ0) is 13.1. The fourth-order valence-corrected chi connectivity index (χ4v) is 4.21. The van der Waals surface area contributed by atoms with E-state index in [1.54, 1.807) is 6.92 Å². The number of rotatable bonds is 0. The van der Waals surface area contributed by atoms with Crippen molar-refractivity contribution < 1.29 is 14.6 Å². The van der Waals surface area contributed by atoms with Gasteiger partial charge in [-0.2, -0.15) is 0 Å². The van der Waals surface area contributed by atoms with E-state index in [4.69, 9.17) is 4.74 Å². The molecule has 0 aromatic heterocycles. The number of hydrogen-bond donors (Lipinski definition) is 1. The van der Waals surface area contributed by atoms with Gasteiger partial charge >= 0.3 is 5.97 Å². The molecular formula is C15H22O3. The van der Waals surface area contributed by atoms with E-state index in [1.807, 2.05) is 0 Å². The van der Waals surface area contributed by atoms with Crippen molar-refractivity contribution in [2.45, 2.75) is 64.6 Å². The van der Waals surface area contributed by atoms with Crippen LogP contribution in [0.1, 0.15) is 52.9 Å². The highest BCUT2D eigenvalue weighted by molar-refractivity contribution is 5.77. The Morgan fingerprint density at radius 3 is 2.78 bits per heavy atom. The molecule has 0 aromatic rings. The normalized spacial score (nSPS) is 47.7. The molecule has 1 saturated heterocycles. The monoisotopic (exact) mass is 250 g/mol. The Bertz CT molecular complexity index is 439. The second kappa shape index (κ2) is 3.60. The van der Waals surface area contributed by atoms with Crippen LogP contribution in [-0.4, -0.2) is 22.8 Å². The first-order valence-electron chi connectivity index (χ1n) is 7.01. The molecule has 1 saturated carbocycles. The van der Waals surface area contributed by atoms with Crippen molar-refractivity contribution in [3.63, 3.8) is 0 Å². The van der Waals surface area contributed by atoms with Gasteiger partial charge in [0, 0.05) is 0 Å². The average molecular weight is 250 g/mol. The van der Waals surface area contributed by atoms with Crippen molar-refractivity contribution in [3.8, 4) is 0 Å². The van der Waals surface area contributed by atoms with Gasteiger partial charge in [0.05, 0.1) is 5.92 Å². The minimum Gasteiger partial charge on any atom is -0.454 e. The third-order valence-electron chi connectivity index (χ3n) is 5.52. The maximum absolute atomic E-state index is 11.8. The van der Waals surface area contributed by atoms with Crippen molar-refractivity contribution in [3.05, 3.63) is 11.1 Å². The average Bonchev–Trinajstić information content (AvgIpc) is 2.53. The number of allylic oxidation sites excluding steroid dienone is 1. The number of esters is 1. The van der Waals surface area contributed by atoms with Gasteiger partial charge in [-0.25, -0.2) is 0 Å². The van der Waals surface area contributed by atoms with Gasteiger partial charge in [0.25, 0.3) is 0 Å². The fourth-order valence-electron chi connectivity index (χ4n) is 4.21. The van der Waals surface area contributed by atoms with Gasteiger partial charge < -0.3 is 9.84 Å². The molecule has 0 amide bonds. The summed E-state index contributed by atoms with van der Waals surface area (Å²) in [5, 5.41) is 10.8. The highest BCUT2D eigenvalue weighted by atomic mass is 16.6. The van der Waals surface area contributed by atoms with E-state index in [1.165, 1.54) is 17.6 Å². The molecule has 0 spiro atoms. The molecule has 3 aliphatic rings. The Labute approximate surface area is 108 Å². The number of aliphatic hydroxyl groups is 1. The van der Waals surface area contributed by atoms with Gasteiger partial charge in [0.15, 0.2) is 6.10 Å². The topological polar surface area (TPSA) is 46.5 Å². The second-order valence-corrected chi connectivity index (χ2v) is 6.64. The lowest BCUT2D eigenvalue weighted by molar-refractivity contribution is -0.143. The van der Waals surface area contributed by atoms with E-state index in [0.29, 0.717) is 6.42 Å². The Hall–Kier alpha value is -0.830. The van der Waals surface area contributed by atoms with Crippen molar-refractivity contribution in [2.24, 2.45) is 11.3 Å². The van der Waals surface area contributed by atoms with E-state index in [0.717, 1.165) is 19.3 Å². The van der Waals surface area contributed by atoms with E-state index >= 15 is 0 Å². The molecule has 0 unspecified atom stereocenters. The minimum atomic E-state index is -0.968. The molecule has 100 valence electrons. The van der Waals surface area contributed by atoms with Crippen LogP contribution in [0.2, 0.25) is 0 Å². The SMILES string of the molecule is CC1=C2[C@@H]3OC(=O)[C@@H](C)[C@@]3(O)CC[C@@]2(C)CCC1. The van der Waals surface area contributed by atoms with E-state index in [9.17, 15) is 9.90 Å². The molecule has 3 heteroatoms. The molecule has 4 atom stereocenters. The summed E-state index contributed by atoms with van der Waals surface area (Å²) in [7, 11) is 0. The van der Waals surface area contributed by atoms with Crippen LogP contribution in [-0.2, 0) is 9.53 Å². The summed E-state index contributed by atoms with van der Waals surface area (Å²) in [6, 6.07) is 0.